The first kappa shape index (κ1) is 12.9. The highest BCUT2D eigenvalue weighted by atomic mass is 16.5. The van der Waals surface area contributed by atoms with E-state index in [4.69, 9.17) is 9.84 Å². The molecule has 0 radical (unpaired) electrons. The largest absolute Gasteiger partial charge is 0.497 e. The van der Waals surface area contributed by atoms with E-state index < -0.39 is 6.09 Å². The van der Waals surface area contributed by atoms with E-state index in [2.05, 4.69) is 10.3 Å². The molecule has 0 aliphatic rings. The van der Waals surface area contributed by atoms with Crippen LogP contribution in [0.25, 0.3) is 10.8 Å². The predicted octanol–water partition coefficient (Wildman–Crippen LogP) is 1.61. The van der Waals surface area contributed by atoms with E-state index >= 15 is 0 Å². The molecule has 0 bridgehead atoms. The fourth-order valence-corrected chi connectivity index (χ4v) is 2.00. The summed E-state index contributed by atoms with van der Waals surface area (Å²) < 4.78 is 5.13. The van der Waals surface area contributed by atoms with Crippen molar-refractivity contribution in [2.45, 2.75) is 13.5 Å². The van der Waals surface area contributed by atoms with Crippen LogP contribution in [-0.2, 0) is 6.54 Å². The summed E-state index contributed by atoms with van der Waals surface area (Å²) in [6.07, 6.45) is -1.17. The summed E-state index contributed by atoms with van der Waals surface area (Å²) in [7, 11) is 1.54. The molecule has 0 saturated carbocycles. The van der Waals surface area contributed by atoms with E-state index in [0.717, 1.165) is 11.1 Å². The van der Waals surface area contributed by atoms with Crippen molar-refractivity contribution in [3.05, 3.63) is 39.8 Å². The molecule has 2 rings (SSSR count). The summed E-state index contributed by atoms with van der Waals surface area (Å²) in [5.41, 5.74) is 0.815. The van der Waals surface area contributed by atoms with Crippen LogP contribution in [-0.4, -0.2) is 23.3 Å². The number of aromatic amines is 1. The molecule has 19 heavy (non-hydrogen) atoms. The van der Waals surface area contributed by atoms with Crippen molar-refractivity contribution in [2.75, 3.05) is 7.11 Å². The topological polar surface area (TPSA) is 91.4 Å². The molecule has 2 aromatic rings. The minimum atomic E-state index is -1.17. The number of methoxy groups -OCH3 is 1. The van der Waals surface area contributed by atoms with Gasteiger partial charge in [-0.1, -0.05) is 0 Å². The van der Waals surface area contributed by atoms with Gasteiger partial charge in [-0.2, -0.15) is 0 Å². The average molecular weight is 262 g/mol. The van der Waals surface area contributed by atoms with Crippen LogP contribution in [0.4, 0.5) is 4.79 Å². The van der Waals surface area contributed by atoms with Crippen molar-refractivity contribution >= 4 is 16.9 Å². The predicted molar refractivity (Wildman–Crippen MR) is 70.7 cm³/mol. The van der Waals surface area contributed by atoms with Crippen LogP contribution >= 0.6 is 0 Å². The number of carboxylic acid groups (broad SMARTS) is 1. The first-order valence-electron chi connectivity index (χ1n) is 5.69. The van der Waals surface area contributed by atoms with E-state index in [1.165, 1.54) is 7.11 Å². The van der Waals surface area contributed by atoms with Crippen molar-refractivity contribution in [3.63, 3.8) is 0 Å². The summed E-state index contributed by atoms with van der Waals surface area (Å²) in [5.74, 6) is 0.620. The van der Waals surface area contributed by atoms with Gasteiger partial charge in [0.15, 0.2) is 0 Å². The Bertz CT molecular complexity index is 691. The number of fused-ring (bicyclic) bond motifs is 1. The van der Waals surface area contributed by atoms with Crippen molar-refractivity contribution in [1.82, 2.24) is 10.3 Å². The van der Waals surface area contributed by atoms with Crippen LogP contribution in [0.1, 0.15) is 11.3 Å². The minimum Gasteiger partial charge on any atom is -0.497 e. The summed E-state index contributed by atoms with van der Waals surface area (Å²) in [5, 5.41) is 12.4. The third-order valence-electron chi connectivity index (χ3n) is 2.95. The Morgan fingerprint density at radius 1 is 1.42 bits per heavy atom. The number of ether oxygens (including phenoxy) is 1. The zero-order chi connectivity index (χ0) is 14.0. The second kappa shape index (κ2) is 5.01. The lowest BCUT2D eigenvalue weighted by molar-refractivity contribution is 0.194. The lowest BCUT2D eigenvalue weighted by Gasteiger charge is -2.10. The number of hydrogen-bond acceptors (Lipinski definition) is 3. The van der Waals surface area contributed by atoms with Gasteiger partial charge in [0.1, 0.15) is 5.75 Å². The number of aryl methyl sites for hydroxylation is 1. The van der Waals surface area contributed by atoms with Gasteiger partial charge in [0.2, 0.25) is 0 Å². The molecule has 1 aromatic carbocycles. The first-order chi connectivity index (χ1) is 9.02. The van der Waals surface area contributed by atoms with E-state index in [0.29, 0.717) is 16.7 Å². The lowest BCUT2D eigenvalue weighted by Crippen LogP contribution is -2.25. The number of benzene rings is 1. The normalized spacial score (nSPS) is 10.4. The third kappa shape index (κ3) is 2.52. The number of aromatic nitrogens is 1. The number of pyridine rings is 1. The van der Waals surface area contributed by atoms with Gasteiger partial charge in [-0.25, -0.2) is 4.79 Å². The second-order valence-electron chi connectivity index (χ2n) is 4.13. The molecule has 6 nitrogen and oxygen atoms in total. The summed E-state index contributed by atoms with van der Waals surface area (Å²) in [4.78, 5) is 25.2. The highest BCUT2D eigenvalue weighted by Gasteiger charge is 2.11. The molecular formula is C13H14N2O4. The van der Waals surface area contributed by atoms with E-state index in [1.807, 2.05) is 6.07 Å². The highest BCUT2D eigenvalue weighted by molar-refractivity contribution is 5.88. The van der Waals surface area contributed by atoms with E-state index in [9.17, 15) is 9.59 Å². The van der Waals surface area contributed by atoms with Gasteiger partial charge in [0, 0.05) is 16.6 Å². The van der Waals surface area contributed by atoms with Crippen molar-refractivity contribution in [1.29, 1.82) is 0 Å². The van der Waals surface area contributed by atoms with Gasteiger partial charge in [-0.3, -0.25) is 4.79 Å². The quantitative estimate of drug-likeness (QED) is 0.783. The van der Waals surface area contributed by atoms with Gasteiger partial charge in [-0.05, 0) is 30.5 Å². The molecule has 0 aliphatic carbocycles. The van der Waals surface area contributed by atoms with Crippen LogP contribution < -0.4 is 15.6 Å². The van der Waals surface area contributed by atoms with Gasteiger partial charge < -0.3 is 20.1 Å². The van der Waals surface area contributed by atoms with Gasteiger partial charge in [0.25, 0.3) is 5.56 Å². The van der Waals surface area contributed by atoms with Crippen LogP contribution in [0.3, 0.4) is 0 Å². The molecule has 0 spiro atoms. The zero-order valence-corrected chi connectivity index (χ0v) is 10.6. The fraction of sp³-hybridized carbons (Fsp3) is 0.231. The molecule has 0 fully saturated rings. The Hall–Kier alpha value is -2.50. The smallest absolute Gasteiger partial charge is 0.404 e. The summed E-state index contributed by atoms with van der Waals surface area (Å²) in [6.45, 7) is 1.75. The second-order valence-corrected chi connectivity index (χ2v) is 4.13. The molecule has 1 amide bonds. The summed E-state index contributed by atoms with van der Waals surface area (Å²) >= 11 is 0. The number of amides is 1. The molecule has 1 aromatic heterocycles. The molecule has 3 N–H and O–H groups in total. The number of nitrogens with one attached hydrogen (secondary N) is 2. The molecule has 0 aliphatic heterocycles. The minimum absolute atomic E-state index is 0.0470. The molecular weight excluding hydrogens is 248 g/mol. The summed E-state index contributed by atoms with van der Waals surface area (Å²) in [6, 6.07) is 5.36. The Morgan fingerprint density at radius 2 is 2.16 bits per heavy atom. The number of rotatable bonds is 3. The first-order valence-corrected chi connectivity index (χ1v) is 5.69. The number of carbonyl (C=O) groups is 1. The van der Waals surface area contributed by atoms with Gasteiger partial charge in [0.05, 0.1) is 13.7 Å². The molecule has 6 heteroatoms. The molecule has 0 unspecified atom stereocenters. The molecule has 0 atom stereocenters. The SMILES string of the molecule is COc1ccc2c(C)[nH]c(=O)c(CNC(=O)O)c2c1. The lowest BCUT2D eigenvalue weighted by atomic mass is 10.0. The average Bonchev–Trinajstić information content (AvgIpc) is 2.37. The van der Waals surface area contributed by atoms with Crippen molar-refractivity contribution in [2.24, 2.45) is 0 Å². The highest BCUT2D eigenvalue weighted by Crippen LogP contribution is 2.23. The maximum absolute atomic E-state index is 11.9. The third-order valence-corrected chi connectivity index (χ3v) is 2.95. The number of hydrogen-bond donors (Lipinski definition) is 3. The molecule has 100 valence electrons. The van der Waals surface area contributed by atoms with Crippen LogP contribution in [0.5, 0.6) is 5.75 Å². The maximum Gasteiger partial charge on any atom is 0.404 e. The maximum atomic E-state index is 11.9. The van der Waals surface area contributed by atoms with Crippen LogP contribution in [0.2, 0.25) is 0 Å². The molecule has 1 heterocycles. The van der Waals surface area contributed by atoms with Crippen molar-refractivity contribution < 1.29 is 14.6 Å². The Morgan fingerprint density at radius 3 is 2.79 bits per heavy atom. The van der Waals surface area contributed by atoms with Crippen LogP contribution in [0, 0.1) is 6.92 Å². The number of H-pyrrole nitrogens is 1. The zero-order valence-electron chi connectivity index (χ0n) is 10.6. The van der Waals surface area contributed by atoms with Gasteiger partial charge in [-0.15, -0.1) is 0 Å². The standard InChI is InChI=1S/C13H14N2O4/c1-7-9-4-3-8(19-2)5-10(9)11(12(16)15-7)6-14-13(17)18/h3-5,14H,6H2,1-2H3,(H,15,16)(H,17,18). The molecule has 0 saturated heterocycles. The van der Waals surface area contributed by atoms with Crippen LogP contribution in [0.15, 0.2) is 23.0 Å². The van der Waals surface area contributed by atoms with Gasteiger partial charge >= 0.3 is 6.09 Å². The van der Waals surface area contributed by atoms with E-state index in [1.54, 1.807) is 19.1 Å². The fourth-order valence-electron chi connectivity index (χ4n) is 2.00. The van der Waals surface area contributed by atoms with E-state index in [-0.39, 0.29) is 12.1 Å². The Labute approximate surface area is 109 Å². The Kier molecular flexibility index (Phi) is 3.41. The Balaban J connectivity index is 2.65. The monoisotopic (exact) mass is 262 g/mol. The van der Waals surface area contributed by atoms with Crippen molar-refractivity contribution in [3.8, 4) is 5.75 Å².